The van der Waals surface area contributed by atoms with Crippen LogP contribution in [-0.2, 0) is 35.5 Å². The van der Waals surface area contributed by atoms with E-state index in [9.17, 15) is 4.79 Å². The van der Waals surface area contributed by atoms with Crippen LogP contribution in [0, 0.1) is 0 Å². The van der Waals surface area contributed by atoms with Crippen LogP contribution in [0.15, 0.2) is 22.8 Å². The minimum Gasteiger partial charge on any atom is -0.469 e. The molecule has 2 aromatic heterocycles. The Morgan fingerprint density at radius 2 is 2.32 bits per heavy atom. The summed E-state index contributed by atoms with van der Waals surface area (Å²) in [5.74, 6) is 2.49. The van der Waals surface area contributed by atoms with E-state index < -0.39 is 0 Å². The Hall–Kier alpha value is -2.15. The molecule has 2 aromatic rings. The van der Waals surface area contributed by atoms with Crippen LogP contribution < -0.4 is 0 Å². The SMILES string of the molecule is COCc1nnc2n1CCN(C(=O)Cc1ccco1)[C@@H](C)C2. The normalized spacial score (nSPS) is 18.1. The van der Waals surface area contributed by atoms with Crippen LogP contribution in [0.4, 0.5) is 0 Å². The maximum atomic E-state index is 12.5. The van der Waals surface area contributed by atoms with Crippen LogP contribution in [-0.4, -0.2) is 45.3 Å². The lowest BCUT2D eigenvalue weighted by Gasteiger charge is -2.26. The van der Waals surface area contributed by atoms with Gasteiger partial charge in [0.2, 0.25) is 5.91 Å². The molecule has 1 aliphatic rings. The smallest absolute Gasteiger partial charge is 0.230 e. The van der Waals surface area contributed by atoms with Gasteiger partial charge >= 0.3 is 0 Å². The highest BCUT2D eigenvalue weighted by atomic mass is 16.5. The zero-order valence-corrected chi connectivity index (χ0v) is 12.9. The molecular weight excluding hydrogens is 284 g/mol. The number of furan rings is 1. The van der Waals surface area contributed by atoms with Crippen LogP contribution >= 0.6 is 0 Å². The van der Waals surface area contributed by atoms with E-state index in [4.69, 9.17) is 9.15 Å². The van der Waals surface area contributed by atoms with E-state index in [1.807, 2.05) is 17.9 Å². The lowest BCUT2D eigenvalue weighted by atomic mass is 10.2. The Morgan fingerprint density at radius 3 is 3.05 bits per heavy atom. The van der Waals surface area contributed by atoms with Crippen molar-refractivity contribution < 1.29 is 13.9 Å². The summed E-state index contributed by atoms with van der Waals surface area (Å²) in [4.78, 5) is 14.4. The number of carbonyl (C=O) groups excluding carboxylic acids is 1. The second-order valence-electron chi connectivity index (χ2n) is 5.51. The van der Waals surface area contributed by atoms with Crippen molar-refractivity contribution in [2.45, 2.75) is 39.0 Å². The second-order valence-corrected chi connectivity index (χ2v) is 5.51. The van der Waals surface area contributed by atoms with E-state index in [2.05, 4.69) is 14.8 Å². The molecule has 1 atom stereocenters. The number of hydrogen-bond acceptors (Lipinski definition) is 5. The number of hydrogen-bond donors (Lipinski definition) is 0. The molecule has 0 N–H and O–H groups in total. The first-order chi connectivity index (χ1) is 10.7. The summed E-state index contributed by atoms with van der Waals surface area (Å²) < 4.78 is 12.5. The predicted octanol–water partition coefficient (Wildman–Crippen LogP) is 1.03. The highest BCUT2D eigenvalue weighted by molar-refractivity contribution is 5.78. The highest BCUT2D eigenvalue weighted by Crippen LogP contribution is 2.16. The topological polar surface area (TPSA) is 73.4 Å². The van der Waals surface area contributed by atoms with Crippen molar-refractivity contribution >= 4 is 5.91 Å². The van der Waals surface area contributed by atoms with Crippen molar-refractivity contribution in [3.63, 3.8) is 0 Å². The molecule has 0 saturated carbocycles. The first-order valence-electron chi connectivity index (χ1n) is 7.40. The van der Waals surface area contributed by atoms with Crippen molar-refractivity contribution in [3.05, 3.63) is 35.8 Å². The number of amides is 1. The molecule has 7 nitrogen and oxygen atoms in total. The molecule has 0 fully saturated rings. The molecule has 1 aliphatic heterocycles. The molecule has 0 aliphatic carbocycles. The maximum Gasteiger partial charge on any atom is 0.230 e. The summed E-state index contributed by atoms with van der Waals surface area (Å²) in [7, 11) is 1.64. The molecule has 0 radical (unpaired) electrons. The Balaban J connectivity index is 1.72. The molecular formula is C15H20N4O3. The zero-order chi connectivity index (χ0) is 15.5. The van der Waals surface area contributed by atoms with Gasteiger partial charge in [-0.2, -0.15) is 0 Å². The van der Waals surface area contributed by atoms with Crippen LogP contribution in [0.25, 0.3) is 0 Å². The Morgan fingerprint density at radius 1 is 1.45 bits per heavy atom. The van der Waals surface area contributed by atoms with Crippen molar-refractivity contribution in [1.82, 2.24) is 19.7 Å². The van der Waals surface area contributed by atoms with Crippen molar-refractivity contribution in [1.29, 1.82) is 0 Å². The molecule has 7 heteroatoms. The van der Waals surface area contributed by atoms with Gasteiger partial charge in [-0.15, -0.1) is 10.2 Å². The third-order valence-corrected chi connectivity index (χ3v) is 3.98. The molecule has 0 aromatic carbocycles. The average molecular weight is 304 g/mol. The minimum absolute atomic E-state index is 0.0782. The number of methoxy groups -OCH3 is 1. The average Bonchev–Trinajstić information content (AvgIpc) is 3.08. The van der Waals surface area contributed by atoms with Gasteiger partial charge in [-0.3, -0.25) is 4.79 Å². The van der Waals surface area contributed by atoms with Gasteiger partial charge < -0.3 is 18.6 Å². The van der Waals surface area contributed by atoms with E-state index in [-0.39, 0.29) is 11.9 Å². The van der Waals surface area contributed by atoms with Gasteiger partial charge in [-0.05, 0) is 19.1 Å². The second kappa shape index (κ2) is 6.31. The van der Waals surface area contributed by atoms with Crippen LogP contribution in [0.5, 0.6) is 0 Å². The van der Waals surface area contributed by atoms with Gasteiger partial charge in [0.05, 0.1) is 12.7 Å². The highest BCUT2D eigenvalue weighted by Gasteiger charge is 2.27. The van der Waals surface area contributed by atoms with Crippen molar-refractivity contribution in [3.8, 4) is 0 Å². The van der Waals surface area contributed by atoms with E-state index in [1.165, 1.54) is 0 Å². The van der Waals surface area contributed by atoms with Crippen LogP contribution in [0.3, 0.4) is 0 Å². The lowest BCUT2D eigenvalue weighted by molar-refractivity contribution is -0.132. The fourth-order valence-electron chi connectivity index (χ4n) is 2.85. The molecule has 0 spiro atoms. The summed E-state index contributed by atoms with van der Waals surface area (Å²) in [6.45, 7) is 3.81. The fraction of sp³-hybridized carbons (Fsp3) is 0.533. The number of nitrogens with zero attached hydrogens (tertiary/aromatic N) is 4. The van der Waals surface area contributed by atoms with Gasteiger partial charge in [-0.25, -0.2) is 0 Å². The van der Waals surface area contributed by atoms with Gasteiger partial charge in [0.15, 0.2) is 5.82 Å². The predicted molar refractivity (Wildman–Crippen MR) is 78.0 cm³/mol. The molecule has 0 saturated heterocycles. The van der Waals surface area contributed by atoms with Crippen LogP contribution in [0.1, 0.15) is 24.3 Å². The van der Waals surface area contributed by atoms with E-state index in [0.29, 0.717) is 38.3 Å². The van der Waals surface area contributed by atoms with E-state index in [0.717, 1.165) is 11.6 Å². The van der Waals surface area contributed by atoms with E-state index in [1.54, 1.807) is 19.4 Å². The zero-order valence-electron chi connectivity index (χ0n) is 12.9. The molecule has 3 rings (SSSR count). The third kappa shape index (κ3) is 2.89. The van der Waals surface area contributed by atoms with Gasteiger partial charge in [-0.1, -0.05) is 0 Å². The molecule has 1 amide bonds. The number of fused-ring (bicyclic) bond motifs is 1. The number of ether oxygens (including phenoxy) is 1. The van der Waals surface area contributed by atoms with Gasteiger partial charge in [0.25, 0.3) is 0 Å². The molecule has 0 unspecified atom stereocenters. The molecule has 22 heavy (non-hydrogen) atoms. The summed E-state index contributed by atoms with van der Waals surface area (Å²) in [6, 6.07) is 3.71. The summed E-state index contributed by atoms with van der Waals surface area (Å²) >= 11 is 0. The number of rotatable bonds is 4. The summed E-state index contributed by atoms with van der Waals surface area (Å²) in [5, 5.41) is 8.40. The Kier molecular flexibility index (Phi) is 4.24. The first kappa shape index (κ1) is 14.8. The standard InChI is InChI=1S/C15H20N4O3/c1-11-8-13-16-17-14(10-21-2)19(13)6-5-18(11)15(20)9-12-4-3-7-22-12/h3-4,7,11H,5-6,8-10H2,1-2H3/t11-/m0/s1. The first-order valence-corrected chi connectivity index (χ1v) is 7.40. The fourth-order valence-corrected chi connectivity index (χ4v) is 2.85. The number of carbonyl (C=O) groups is 1. The Bertz CT molecular complexity index is 635. The van der Waals surface area contributed by atoms with Gasteiger partial charge in [0.1, 0.15) is 18.2 Å². The summed E-state index contributed by atoms with van der Waals surface area (Å²) in [6.07, 6.45) is 2.58. The molecule has 3 heterocycles. The third-order valence-electron chi connectivity index (χ3n) is 3.98. The quantitative estimate of drug-likeness (QED) is 0.843. The monoisotopic (exact) mass is 304 g/mol. The van der Waals surface area contributed by atoms with Gasteiger partial charge in [0, 0.05) is 32.7 Å². The largest absolute Gasteiger partial charge is 0.469 e. The van der Waals surface area contributed by atoms with Crippen molar-refractivity contribution in [2.24, 2.45) is 0 Å². The number of aromatic nitrogens is 3. The van der Waals surface area contributed by atoms with Crippen LogP contribution in [0.2, 0.25) is 0 Å². The lowest BCUT2D eigenvalue weighted by Crippen LogP contribution is -2.41. The maximum absolute atomic E-state index is 12.5. The van der Waals surface area contributed by atoms with Crippen molar-refractivity contribution in [2.75, 3.05) is 13.7 Å². The molecule has 0 bridgehead atoms. The Labute approximate surface area is 128 Å². The van der Waals surface area contributed by atoms with E-state index >= 15 is 0 Å². The molecule has 118 valence electrons. The summed E-state index contributed by atoms with van der Waals surface area (Å²) in [5.41, 5.74) is 0. The minimum atomic E-state index is 0.0782.